The van der Waals surface area contributed by atoms with Crippen molar-refractivity contribution in [3.05, 3.63) is 90.2 Å². The number of nitrogens with one attached hydrogen (secondary N) is 1. The van der Waals surface area contributed by atoms with E-state index >= 15 is 0 Å². The number of rotatable bonds is 7. The first-order chi connectivity index (χ1) is 14.9. The van der Waals surface area contributed by atoms with Gasteiger partial charge in [0.25, 0.3) is 5.91 Å². The van der Waals surface area contributed by atoms with E-state index in [0.717, 1.165) is 3.57 Å². The molecule has 0 aliphatic heterocycles. The van der Waals surface area contributed by atoms with Crippen LogP contribution >= 0.6 is 50.1 Å². The number of carbonyl (C=O) groups excluding carboxylic acids is 1. The molecule has 5 nitrogen and oxygen atoms in total. The second-order valence-corrected chi connectivity index (χ2v) is 8.70. The van der Waals surface area contributed by atoms with Gasteiger partial charge in [0.15, 0.2) is 5.75 Å². The van der Waals surface area contributed by atoms with Crippen molar-refractivity contribution in [1.82, 2.24) is 5.43 Å². The number of hydrogen-bond donors (Lipinski definition) is 1. The van der Waals surface area contributed by atoms with Crippen LogP contribution in [0.25, 0.3) is 0 Å². The average Bonchev–Trinajstić information content (AvgIpc) is 2.73. The molecule has 0 aliphatic rings. The van der Waals surface area contributed by atoms with Crippen molar-refractivity contribution in [1.29, 1.82) is 0 Å². The Morgan fingerprint density at radius 3 is 2.77 bits per heavy atom. The van der Waals surface area contributed by atoms with E-state index in [2.05, 4.69) is 49.0 Å². The van der Waals surface area contributed by atoms with Gasteiger partial charge in [0.1, 0.15) is 18.2 Å². The monoisotopic (exact) mass is 616 g/mol. The van der Waals surface area contributed by atoms with Crippen molar-refractivity contribution < 1.29 is 18.7 Å². The van der Waals surface area contributed by atoms with Crippen molar-refractivity contribution in [2.24, 2.45) is 5.10 Å². The fourth-order valence-electron chi connectivity index (χ4n) is 2.61. The molecule has 0 fully saturated rings. The number of halogens is 4. The molecule has 0 bridgehead atoms. The van der Waals surface area contributed by atoms with Gasteiger partial charge in [0.05, 0.1) is 26.4 Å². The lowest BCUT2D eigenvalue weighted by Gasteiger charge is -2.11. The third kappa shape index (κ3) is 6.41. The van der Waals surface area contributed by atoms with Gasteiger partial charge in [0.2, 0.25) is 0 Å². The maximum atomic E-state index is 13.3. The third-order valence-corrected chi connectivity index (χ3v) is 5.85. The molecule has 3 aromatic carbocycles. The molecule has 0 aliphatic carbocycles. The summed E-state index contributed by atoms with van der Waals surface area (Å²) >= 11 is 11.9. The largest absolute Gasteiger partial charge is 0.496 e. The number of ether oxygens (including phenoxy) is 2. The fraction of sp³-hybridized carbons (Fsp3) is 0.0909. The highest BCUT2D eigenvalue weighted by molar-refractivity contribution is 14.1. The Hall–Kier alpha value is -2.17. The summed E-state index contributed by atoms with van der Waals surface area (Å²) in [5.41, 5.74) is 4.23. The summed E-state index contributed by atoms with van der Waals surface area (Å²) in [6.07, 6.45) is 1.47. The summed E-state index contributed by atoms with van der Waals surface area (Å²) in [5.74, 6) is 0.342. The van der Waals surface area contributed by atoms with E-state index in [4.69, 9.17) is 21.1 Å². The van der Waals surface area contributed by atoms with Crippen molar-refractivity contribution >= 4 is 62.2 Å². The molecule has 3 rings (SSSR count). The summed E-state index contributed by atoms with van der Waals surface area (Å²) in [7, 11) is 1.55. The highest BCUT2D eigenvalue weighted by Gasteiger charge is 2.11. The van der Waals surface area contributed by atoms with E-state index in [-0.39, 0.29) is 18.3 Å². The van der Waals surface area contributed by atoms with Crippen LogP contribution in [0.2, 0.25) is 5.02 Å². The minimum Gasteiger partial charge on any atom is -0.496 e. The lowest BCUT2D eigenvalue weighted by atomic mass is 10.2. The predicted octanol–water partition coefficient (Wildman–Crippen LogP) is 6.20. The maximum absolute atomic E-state index is 13.3. The van der Waals surface area contributed by atoms with Crippen molar-refractivity contribution in [2.75, 3.05) is 7.11 Å². The van der Waals surface area contributed by atoms with Crippen molar-refractivity contribution in [3.63, 3.8) is 0 Å². The summed E-state index contributed by atoms with van der Waals surface area (Å²) in [5, 5.41) is 4.33. The first kappa shape index (κ1) is 23.5. The number of nitrogens with zero attached hydrogens (tertiary/aromatic N) is 1. The lowest BCUT2D eigenvalue weighted by molar-refractivity contribution is 0.0954. The molecule has 0 unspecified atom stereocenters. The van der Waals surface area contributed by atoms with Gasteiger partial charge in [-0.2, -0.15) is 5.10 Å². The zero-order valence-corrected chi connectivity index (χ0v) is 20.7. The molecule has 1 N–H and O–H groups in total. The SMILES string of the molecule is COc1cc(C(=O)N/N=C\c2cc(Cl)c(OCc3cccc(F)c3)c(Br)c2)ccc1I. The molecule has 0 spiro atoms. The van der Waals surface area contributed by atoms with E-state index < -0.39 is 0 Å². The van der Waals surface area contributed by atoms with Gasteiger partial charge in [0, 0.05) is 5.56 Å². The van der Waals surface area contributed by atoms with Crippen LogP contribution < -0.4 is 14.9 Å². The van der Waals surface area contributed by atoms with E-state index in [1.54, 1.807) is 49.6 Å². The van der Waals surface area contributed by atoms with Gasteiger partial charge in [-0.05, 0) is 92.1 Å². The molecule has 0 radical (unpaired) electrons. The smallest absolute Gasteiger partial charge is 0.271 e. The maximum Gasteiger partial charge on any atom is 0.271 e. The second kappa shape index (κ2) is 10.9. The molecule has 0 saturated carbocycles. The fourth-order valence-corrected chi connectivity index (χ4v) is 4.15. The van der Waals surface area contributed by atoms with Gasteiger partial charge >= 0.3 is 0 Å². The minimum absolute atomic E-state index is 0.166. The van der Waals surface area contributed by atoms with Crippen LogP contribution in [0.15, 0.2) is 64.2 Å². The predicted molar refractivity (Wildman–Crippen MR) is 131 cm³/mol. The summed E-state index contributed by atoms with van der Waals surface area (Å²) < 4.78 is 25.8. The van der Waals surface area contributed by atoms with Gasteiger partial charge < -0.3 is 9.47 Å². The number of hydrazone groups is 1. The highest BCUT2D eigenvalue weighted by Crippen LogP contribution is 2.34. The zero-order valence-electron chi connectivity index (χ0n) is 16.2. The molecular weight excluding hydrogens is 602 g/mol. The first-order valence-corrected chi connectivity index (χ1v) is 11.2. The van der Waals surface area contributed by atoms with E-state index in [9.17, 15) is 9.18 Å². The van der Waals surface area contributed by atoms with Crippen LogP contribution in [0, 0.1) is 9.39 Å². The Balaban J connectivity index is 1.65. The van der Waals surface area contributed by atoms with Crippen LogP contribution in [-0.2, 0) is 6.61 Å². The summed E-state index contributed by atoms with van der Waals surface area (Å²) in [6.45, 7) is 0.166. The molecule has 160 valence electrons. The van der Waals surface area contributed by atoms with Crippen LogP contribution in [0.4, 0.5) is 4.39 Å². The van der Waals surface area contributed by atoms with Crippen LogP contribution in [-0.4, -0.2) is 19.2 Å². The standard InChI is InChI=1S/C22H16BrClFIN2O3/c1-30-20-10-15(5-6-19(20)26)22(29)28-27-11-14-8-17(23)21(18(24)9-14)31-12-13-3-2-4-16(25)7-13/h2-11H,12H2,1H3,(H,28,29)/b27-11-. The molecule has 3 aromatic rings. The molecule has 0 heterocycles. The van der Waals surface area contributed by atoms with Crippen LogP contribution in [0.5, 0.6) is 11.5 Å². The number of carbonyl (C=O) groups is 1. The van der Waals surface area contributed by atoms with Crippen molar-refractivity contribution in [2.45, 2.75) is 6.61 Å². The molecule has 0 aromatic heterocycles. The quantitative estimate of drug-likeness (QED) is 0.195. The molecule has 1 amide bonds. The number of hydrogen-bond acceptors (Lipinski definition) is 4. The second-order valence-electron chi connectivity index (χ2n) is 6.28. The Kier molecular flexibility index (Phi) is 8.28. The Morgan fingerprint density at radius 1 is 1.26 bits per heavy atom. The minimum atomic E-state index is -0.369. The molecule has 9 heteroatoms. The highest BCUT2D eigenvalue weighted by atomic mass is 127. The topological polar surface area (TPSA) is 59.9 Å². The molecular formula is C22H16BrClFIN2O3. The average molecular weight is 618 g/mol. The lowest BCUT2D eigenvalue weighted by Crippen LogP contribution is -2.17. The number of benzene rings is 3. The number of amides is 1. The Morgan fingerprint density at radius 2 is 2.06 bits per heavy atom. The van der Waals surface area contributed by atoms with Gasteiger partial charge in [-0.25, -0.2) is 9.82 Å². The van der Waals surface area contributed by atoms with E-state index in [1.807, 2.05) is 0 Å². The van der Waals surface area contributed by atoms with Gasteiger partial charge in [-0.15, -0.1) is 0 Å². The Labute approximate surface area is 205 Å². The third-order valence-electron chi connectivity index (χ3n) is 4.09. The van der Waals surface area contributed by atoms with E-state index in [0.29, 0.717) is 37.7 Å². The number of methoxy groups -OCH3 is 1. The molecule has 0 atom stereocenters. The van der Waals surface area contributed by atoms with Crippen molar-refractivity contribution in [3.8, 4) is 11.5 Å². The van der Waals surface area contributed by atoms with Gasteiger partial charge in [-0.3, -0.25) is 4.79 Å². The molecule has 31 heavy (non-hydrogen) atoms. The first-order valence-electron chi connectivity index (χ1n) is 8.90. The Bertz CT molecular complexity index is 1120. The molecule has 0 saturated heterocycles. The zero-order chi connectivity index (χ0) is 22.4. The summed E-state index contributed by atoms with van der Waals surface area (Å²) in [4.78, 5) is 12.3. The van der Waals surface area contributed by atoms with Gasteiger partial charge in [-0.1, -0.05) is 23.7 Å². The summed E-state index contributed by atoms with van der Waals surface area (Å²) in [6, 6.07) is 14.7. The van der Waals surface area contributed by atoms with Crippen LogP contribution in [0.3, 0.4) is 0 Å². The van der Waals surface area contributed by atoms with E-state index in [1.165, 1.54) is 18.3 Å². The normalized spacial score (nSPS) is 10.9. The van der Waals surface area contributed by atoms with Crippen LogP contribution in [0.1, 0.15) is 21.5 Å².